The maximum absolute atomic E-state index is 13.2. The van der Waals surface area contributed by atoms with Crippen LogP contribution in [0.25, 0.3) is 0 Å². The Bertz CT molecular complexity index is 1040. The quantitative estimate of drug-likeness (QED) is 0.600. The summed E-state index contributed by atoms with van der Waals surface area (Å²) in [4.78, 5) is 23.1. The van der Waals surface area contributed by atoms with Gasteiger partial charge in [0.05, 0.1) is 28.8 Å². The van der Waals surface area contributed by atoms with E-state index in [2.05, 4.69) is 15.5 Å². The van der Waals surface area contributed by atoms with Gasteiger partial charge in [0, 0.05) is 25.2 Å². The van der Waals surface area contributed by atoms with E-state index in [9.17, 15) is 14.0 Å². The summed E-state index contributed by atoms with van der Waals surface area (Å²) in [5.41, 5.74) is 1.95. The normalized spacial score (nSPS) is 10.7. The van der Waals surface area contributed by atoms with Gasteiger partial charge in [-0.1, -0.05) is 6.07 Å². The van der Waals surface area contributed by atoms with Crippen LogP contribution in [0.15, 0.2) is 36.7 Å². The number of benzene rings is 1. The number of aromatic nitrogens is 4. The first-order valence-corrected chi connectivity index (χ1v) is 8.81. The van der Waals surface area contributed by atoms with Crippen LogP contribution >= 0.6 is 0 Å². The fourth-order valence-electron chi connectivity index (χ4n) is 2.71. The van der Waals surface area contributed by atoms with E-state index in [4.69, 9.17) is 9.84 Å². The van der Waals surface area contributed by atoms with Gasteiger partial charge in [0.25, 0.3) is 0 Å². The molecule has 10 heteroatoms. The molecular weight excluding hydrogens is 381 g/mol. The molecule has 1 amide bonds. The fourth-order valence-corrected chi connectivity index (χ4v) is 2.71. The highest BCUT2D eigenvalue weighted by molar-refractivity contribution is 5.91. The van der Waals surface area contributed by atoms with Crippen molar-refractivity contribution in [1.82, 2.24) is 19.6 Å². The number of ether oxygens (including phenoxy) is 1. The average molecular weight is 401 g/mol. The van der Waals surface area contributed by atoms with Crippen molar-refractivity contribution in [2.45, 2.75) is 33.5 Å². The molecule has 3 rings (SSSR count). The van der Waals surface area contributed by atoms with E-state index < -0.39 is 11.8 Å². The second-order valence-corrected chi connectivity index (χ2v) is 6.37. The maximum atomic E-state index is 13.2. The number of aromatic carboxylic acids is 1. The van der Waals surface area contributed by atoms with Gasteiger partial charge in [0.1, 0.15) is 11.6 Å². The Morgan fingerprint density at radius 1 is 1.31 bits per heavy atom. The van der Waals surface area contributed by atoms with Gasteiger partial charge in [-0.05, 0) is 26.0 Å². The lowest BCUT2D eigenvalue weighted by Gasteiger charge is -2.09. The highest BCUT2D eigenvalue weighted by Crippen LogP contribution is 2.20. The van der Waals surface area contributed by atoms with Crippen molar-refractivity contribution in [3.63, 3.8) is 0 Å². The van der Waals surface area contributed by atoms with E-state index in [0.717, 1.165) is 0 Å². The number of aryl methyl sites for hydroxylation is 2. The Morgan fingerprint density at radius 3 is 2.79 bits per heavy atom. The van der Waals surface area contributed by atoms with Gasteiger partial charge in [-0.15, -0.1) is 0 Å². The number of rotatable bonds is 8. The molecule has 3 aromatic rings. The predicted molar refractivity (Wildman–Crippen MR) is 101 cm³/mol. The smallest absolute Gasteiger partial charge is 0.338 e. The van der Waals surface area contributed by atoms with Gasteiger partial charge in [-0.3, -0.25) is 9.48 Å². The number of carboxylic acids is 1. The summed E-state index contributed by atoms with van der Waals surface area (Å²) < 4.78 is 21.8. The molecule has 0 spiro atoms. The molecule has 0 saturated carbocycles. The van der Waals surface area contributed by atoms with E-state index in [1.165, 1.54) is 29.2 Å². The molecule has 29 heavy (non-hydrogen) atoms. The molecule has 2 N–H and O–H groups in total. The molecule has 0 aliphatic carbocycles. The van der Waals surface area contributed by atoms with Crippen LogP contribution in [0.4, 0.5) is 10.1 Å². The molecule has 152 valence electrons. The molecule has 0 radical (unpaired) electrons. The number of hydrogen-bond donors (Lipinski definition) is 2. The average Bonchev–Trinajstić information content (AvgIpc) is 3.25. The minimum Gasteiger partial charge on any atom is -0.478 e. The van der Waals surface area contributed by atoms with Gasteiger partial charge >= 0.3 is 5.97 Å². The zero-order chi connectivity index (χ0) is 21.0. The molecule has 1 aromatic carbocycles. The topological polar surface area (TPSA) is 111 Å². The lowest BCUT2D eigenvalue weighted by Crippen LogP contribution is -2.16. The van der Waals surface area contributed by atoms with Gasteiger partial charge < -0.3 is 15.2 Å². The number of carbonyl (C=O) groups is 2. The summed E-state index contributed by atoms with van der Waals surface area (Å²) >= 11 is 0. The van der Waals surface area contributed by atoms with Crippen molar-refractivity contribution < 1.29 is 23.8 Å². The molecule has 2 aromatic heterocycles. The first kappa shape index (κ1) is 20.1. The zero-order valence-corrected chi connectivity index (χ0v) is 15.9. The van der Waals surface area contributed by atoms with E-state index in [0.29, 0.717) is 22.8 Å². The standard InChI is InChI=1S/C19H20FN5O4/c1-12-18(22-17(26)6-7-24-10-14(9-21-24)19(27)28)13(2)25(23-12)11-29-16-5-3-4-15(20)8-16/h3-5,8-10H,6-7,11H2,1-2H3,(H,22,26)(H,27,28). The zero-order valence-electron chi connectivity index (χ0n) is 15.9. The number of carbonyl (C=O) groups excluding carboxylic acids is 1. The maximum Gasteiger partial charge on any atom is 0.338 e. The van der Waals surface area contributed by atoms with Crippen molar-refractivity contribution >= 4 is 17.6 Å². The van der Waals surface area contributed by atoms with E-state index in [1.54, 1.807) is 30.7 Å². The molecule has 0 aliphatic rings. The fraction of sp³-hybridized carbons (Fsp3) is 0.263. The third kappa shape index (κ3) is 4.98. The lowest BCUT2D eigenvalue weighted by molar-refractivity contribution is -0.116. The Kier molecular flexibility index (Phi) is 5.91. The molecule has 9 nitrogen and oxygen atoms in total. The number of halogens is 1. The van der Waals surface area contributed by atoms with Crippen LogP contribution in [0.3, 0.4) is 0 Å². The molecule has 0 saturated heterocycles. The number of hydrogen-bond acceptors (Lipinski definition) is 5. The Balaban J connectivity index is 1.58. The first-order chi connectivity index (χ1) is 13.8. The second-order valence-electron chi connectivity index (χ2n) is 6.37. The van der Waals surface area contributed by atoms with Gasteiger partial charge in [-0.2, -0.15) is 10.2 Å². The largest absolute Gasteiger partial charge is 0.478 e. The Hall–Kier alpha value is -3.69. The summed E-state index contributed by atoms with van der Waals surface area (Å²) in [5.74, 6) is -1.34. The van der Waals surface area contributed by atoms with Crippen LogP contribution < -0.4 is 10.1 Å². The predicted octanol–water partition coefficient (Wildman–Crippen LogP) is 2.60. The Labute approximate surface area is 165 Å². The van der Waals surface area contributed by atoms with E-state index in [-0.39, 0.29) is 31.2 Å². The molecule has 0 bridgehead atoms. The molecule has 0 aliphatic heterocycles. The molecular formula is C19H20FN5O4. The molecule has 2 heterocycles. The number of anilines is 1. The summed E-state index contributed by atoms with van der Waals surface area (Å²) in [7, 11) is 0. The SMILES string of the molecule is Cc1nn(COc2cccc(F)c2)c(C)c1NC(=O)CCn1cc(C(=O)O)cn1. The van der Waals surface area contributed by atoms with E-state index in [1.807, 2.05) is 0 Å². The first-order valence-electron chi connectivity index (χ1n) is 8.81. The lowest BCUT2D eigenvalue weighted by atomic mass is 10.3. The van der Waals surface area contributed by atoms with Crippen molar-refractivity contribution in [3.05, 3.63) is 59.4 Å². The molecule has 0 unspecified atom stereocenters. The number of amides is 1. The van der Waals surface area contributed by atoms with Crippen LogP contribution in [-0.4, -0.2) is 36.5 Å². The summed E-state index contributed by atoms with van der Waals surface area (Å²) in [6, 6.07) is 5.80. The minimum atomic E-state index is -1.07. The van der Waals surface area contributed by atoms with Gasteiger partial charge in [0.15, 0.2) is 6.73 Å². The summed E-state index contributed by atoms with van der Waals surface area (Å²) in [5, 5.41) is 20.0. The number of nitrogens with zero attached hydrogens (tertiary/aromatic N) is 4. The summed E-state index contributed by atoms with van der Waals surface area (Å²) in [6.45, 7) is 3.86. The van der Waals surface area contributed by atoms with Crippen LogP contribution in [0.1, 0.15) is 28.2 Å². The highest BCUT2D eigenvalue weighted by atomic mass is 19.1. The van der Waals surface area contributed by atoms with Crippen molar-refractivity contribution in [2.75, 3.05) is 5.32 Å². The second kappa shape index (κ2) is 8.55. The molecule has 0 atom stereocenters. The van der Waals surface area contributed by atoms with E-state index >= 15 is 0 Å². The van der Waals surface area contributed by atoms with Gasteiger partial charge in [0.2, 0.25) is 5.91 Å². The Morgan fingerprint density at radius 2 is 2.10 bits per heavy atom. The van der Waals surface area contributed by atoms with Crippen LogP contribution in [0.2, 0.25) is 0 Å². The van der Waals surface area contributed by atoms with Crippen LogP contribution in [0, 0.1) is 19.7 Å². The highest BCUT2D eigenvalue weighted by Gasteiger charge is 2.15. The third-order valence-electron chi connectivity index (χ3n) is 4.24. The molecule has 0 fully saturated rings. The monoisotopic (exact) mass is 401 g/mol. The van der Waals surface area contributed by atoms with Gasteiger partial charge in [-0.25, -0.2) is 13.9 Å². The summed E-state index contributed by atoms with van der Waals surface area (Å²) in [6.07, 6.45) is 2.72. The minimum absolute atomic E-state index is 0.0664. The van der Waals surface area contributed by atoms with Crippen LogP contribution in [0.5, 0.6) is 5.75 Å². The number of carboxylic acid groups (broad SMARTS) is 1. The van der Waals surface area contributed by atoms with Crippen LogP contribution in [-0.2, 0) is 18.1 Å². The van der Waals surface area contributed by atoms with Crippen molar-refractivity contribution in [3.8, 4) is 5.75 Å². The van der Waals surface area contributed by atoms with Crippen molar-refractivity contribution in [1.29, 1.82) is 0 Å². The number of nitrogens with one attached hydrogen (secondary N) is 1. The third-order valence-corrected chi connectivity index (χ3v) is 4.24. The van der Waals surface area contributed by atoms with Crippen molar-refractivity contribution in [2.24, 2.45) is 0 Å².